The lowest BCUT2D eigenvalue weighted by molar-refractivity contribution is -0.137. The Bertz CT molecular complexity index is 570. The summed E-state index contributed by atoms with van der Waals surface area (Å²) in [6.45, 7) is 4.91. The standard InChI is InChI=1S/C21H29NO3/c1-3-5-6-7-8-9-10-15-25-20-13-11-18(12-14-20)16-19(17-22)21(23)24-4-2/h11-14,16H,3-10,15H2,1-2H3/b19-16+. The predicted molar refractivity (Wildman–Crippen MR) is 100 cm³/mol. The van der Waals surface area contributed by atoms with E-state index in [9.17, 15) is 4.79 Å². The van der Waals surface area contributed by atoms with Crippen molar-refractivity contribution >= 4 is 12.0 Å². The SMILES string of the molecule is CCCCCCCCCOc1ccc(/C=C(\C#N)C(=O)OCC)cc1. The molecule has 1 aromatic carbocycles. The highest BCUT2D eigenvalue weighted by Gasteiger charge is 2.09. The van der Waals surface area contributed by atoms with E-state index in [-0.39, 0.29) is 12.2 Å². The Morgan fingerprint density at radius 2 is 1.68 bits per heavy atom. The molecule has 4 heteroatoms. The second kappa shape index (κ2) is 13.1. The lowest BCUT2D eigenvalue weighted by Crippen LogP contribution is -2.05. The summed E-state index contributed by atoms with van der Waals surface area (Å²) in [5.41, 5.74) is 0.770. The van der Waals surface area contributed by atoms with Crippen LogP contribution < -0.4 is 4.74 Å². The number of hydrogen-bond donors (Lipinski definition) is 0. The molecule has 0 bridgehead atoms. The first kappa shape index (κ1) is 20.8. The highest BCUT2D eigenvalue weighted by Crippen LogP contribution is 2.16. The van der Waals surface area contributed by atoms with Crippen molar-refractivity contribution in [1.82, 2.24) is 0 Å². The normalized spacial score (nSPS) is 11.0. The van der Waals surface area contributed by atoms with Gasteiger partial charge in [0.15, 0.2) is 0 Å². The summed E-state index contributed by atoms with van der Waals surface area (Å²) >= 11 is 0. The molecule has 0 saturated carbocycles. The molecule has 0 aliphatic carbocycles. The van der Waals surface area contributed by atoms with Gasteiger partial charge in [-0.15, -0.1) is 0 Å². The first-order valence-corrected chi connectivity index (χ1v) is 9.23. The third-order valence-electron chi connectivity index (χ3n) is 3.82. The van der Waals surface area contributed by atoms with Gasteiger partial charge < -0.3 is 9.47 Å². The highest BCUT2D eigenvalue weighted by molar-refractivity contribution is 5.97. The van der Waals surface area contributed by atoms with E-state index in [1.807, 2.05) is 30.3 Å². The van der Waals surface area contributed by atoms with Crippen LogP contribution in [-0.2, 0) is 9.53 Å². The fourth-order valence-corrected chi connectivity index (χ4v) is 2.42. The Hall–Kier alpha value is -2.28. The van der Waals surface area contributed by atoms with Crippen LogP contribution in [0.2, 0.25) is 0 Å². The average molecular weight is 343 g/mol. The monoisotopic (exact) mass is 343 g/mol. The number of carbonyl (C=O) groups excluding carboxylic acids is 1. The molecule has 0 N–H and O–H groups in total. The molecule has 0 saturated heterocycles. The van der Waals surface area contributed by atoms with Crippen molar-refractivity contribution in [3.63, 3.8) is 0 Å². The Morgan fingerprint density at radius 3 is 2.28 bits per heavy atom. The minimum absolute atomic E-state index is 0.00130. The molecule has 0 aromatic heterocycles. The molecule has 0 aliphatic rings. The van der Waals surface area contributed by atoms with Crippen molar-refractivity contribution in [2.24, 2.45) is 0 Å². The Labute approximate surface area is 151 Å². The van der Waals surface area contributed by atoms with Crippen molar-refractivity contribution in [2.75, 3.05) is 13.2 Å². The fourth-order valence-electron chi connectivity index (χ4n) is 2.42. The van der Waals surface area contributed by atoms with Crippen LogP contribution in [0.4, 0.5) is 0 Å². The largest absolute Gasteiger partial charge is 0.494 e. The number of carbonyl (C=O) groups is 1. The van der Waals surface area contributed by atoms with Crippen molar-refractivity contribution in [1.29, 1.82) is 5.26 Å². The van der Waals surface area contributed by atoms with Gasteiger partial charge in [-0.2, -0.15) is 5.26 Å². The van der Waals surface area contributed by atoms with Gasteiger partial charge in [0.2, 0.25) is 0 Å². The predicted octanol–water partition coefficient (Wildman–Crippen LogP) is 5.29. The number of benzene rings is 1. The fraction of sp³-hybridized carbons (Fsp3) is 0.524. The molecule has 4 nitrogen and oxygen atoms in total. The maximum atomic E-state index is 11.6. The molecule has 136 valence electrons. The maximum absolute atomic E-state index is 11.6. The van der Waals surface area contributed by atoms with Crippen molar-refractivity contribution in [2.45, 2.75) is 58.8 Å². The quantitative estimate of drug-likeness (QED) is 0.224. The van der Waals surface area contributed by atoms with Crippen LogP contribution >= 0.6 is 0 Å². The van der Waals surface area contributed by atoms with E-state index >= 15 is 0 Å². The van der Waals surface area contributed by atoms with E-state index in [2.05, 4.69) is 6.92 Å². The van der Waals surface area contributed by atoms with Crippen LogP contribution in [0, 0.1) is 11.3 Å². The first-order valence-electron chi connectivity index (χ1n) is 9.23. The van der Waals surface area contributed by atoms with Crippen LogP contribution in [0.25, 0.3) is 6.08 Å². The van der Waals surface area contributed by atoms with Crippen LogP contribution in [-0.4, -0.2) is 19.2 Å². The number of hydrogen-bond acceptors (Lipinski definition) is 4. The molecule has 25 heavy (non-hydrogen) atoms. The molecule has 0 aliphatic heterocycles. The molecule has 0 amide bonds. The first-order chi connectivity index (χ1) is 12.2. The zero-order valence-electron chi connectivity index (χ0n) is 15.4. The van der Waals surface area contributed by atoms with Gasteiger partial charge in [0, 0.05) is 0 Å². The van der Waals surface area contributed by atoms with E-state index in [4.69, 9.17) is 14.7 Å². The number of esters is 1. The van der Waals surface area contributed by atoms with Crippen molar-refractivity contribution in [3.05, 3.63) is 35.4 Å². The molecule has 1 rings (SSSR count). The average Bonchev–Trinajstić information content (AvgIpc) is 2.63. The molecule has 1 aromatic rings. The Kier molecular flexibility index (Phi) is 10.8. The summed E-state index contributed by atoms with van der Waals surface area (Å²) in [6.07, 6.45) is 10.3. The van der Waals surface area contributed by atoms with E-state index in [0.29, 0.717) is 0 Å². The molecule has 0 atom stereocenters. The Morgan fingerprint density at radius 1 is 1.04 bits per heavy atom. The van der Waals surface area contributed by atoms with Gasteiger partial charge in [-0.05, 0) is 37.1 Å². The second-order valence-electron chi connectivity index (χ2n) is 5.93. The molecular formula is C21H29NO3. The zero-order valence-corrected chi connectivity index (χ0v) is 15.4. The number of unbranched alkanes of at least 4 members (excludes halogenated alkanes) is 6. The highest BCUT2D eigenvalue weighted by atomic mass is 16.5. The van der Waals surface area contributed by atoms with Crippen LogP contribution in [0.5, 0.6) is 5.75 Å². The zero-order chi connectivity index (χ0) is 18.3. The minimum atomic E-state index is -0.593. The smallest absolute Gasteiger partial charge is 0.348 e. The van der Waals surface area contributed by atoms with Crippen molar-refractivity contribution in [3.8, 4) is 11.8 Å². The van der Waals surface area contributed by atoms with Gasteiger partial charge in [-0.1, -0.05) is 57.6 Å². The molecule has 0 radical (unpaired) electrons. The number of nitrogens with zero attached hydrogens (tertiary/aromatic N) is 1. The van der Waals surface area contributed by atoms with Crippen molar-refractivity contribution < 1.29 is 14.3 Å². The molecular weight excluding hydrogens is 314 g/mol. The third-order valence-corrected chi connectivity index (χ3v) is 3.82. The molecule has 0 spiro atoms. The maximum Gasteiger partial charge on any atom is 0.348 e. The van der Waals surface area contributed by atoms with E-state index in [1.54, 1.807) is 6.92 Å². The van der Waals surface area contributed by atoms with E-state index < -0.39 is 5.97 Å². The van der Waals surface area contributed by atoms with Crippen LogP contribution in [0.15, 0.2) is 29.8 Å². The van der Waals surface area contributed by atoms with Gasteiger partial charge in [0.25, 0.3) is 0 Å². The number of ether oxygens (including phenoxy) is 2. The van der Waals surface area contributed by atoms with E-state index in [0.717, 1.165) is 24.3 Å². The lowest BCUT2D eigenvalue weighted by Gasteiger charge is -2.06. The lowest BCUT2D eigenvalue weighted by atomic mass is 10.1. The van der Waals surface area contributed by atoms with Gasteiger partial charge in [-0.3, -0.25) is 0 Å². The van der Waals surface area contributed by atoms with Crippen LogP contribution in [0.1, 0.15) is 64.4 Å². The number of nitriles is 1. The summed E-state index contributed by atoms with van der Waals surface area (Å²) in [7, 11) is 0. The summed E-state index contributed by atoms with van der Waals surface area (Å²) in [6, 6.07) is 9.24. The summed E-state index contributed by atoms with van der Waals surface area (Å²) < 4.78 is 10.6. The summed E-state index contributed by atoms with van der Waals surface area (Å²) in [5.74, 6) is 0.210. The topological polar surface area (TPSA) is 59.3 Å². The summed E-state index contributed by atoms with van der Waals surface area (Å²) in [4.78, 5) is 11.6. The molecule has 0 fully saturated rings. The molecule has 0 unspecified atom stereocenters. The van der Waals surface area contributed by atoms with Crippen LogP contribution in [0.3, 0.4) is 0 Å². The summed E-state index contributed by atoms with van der Waals surface area (Å²) in [5, 5.41) is 9.03. The Balaban J connectivity index is 2.36. The van der Waals surface area contributed by atoms with Gasteiger partial charge in [0.1, 0.15) is 17.4 Å². The minimum Gasteiger partial charge on any atom is -0.494 e. The third kappa shape index (κ3) is 8.95. The van der Waals surface area contributed by atoms with E-state index in [1.165, 1.54) is 44.6 Å². The van der Waals surface area contributed by atoms with Gasteiger partial charge in [0.05, 0.1) is 13.2 Å². The number of rotatable bonds is 12. The second-order valence-corrected chi connectivity index (χ2v) is 5.93. The van der Waals surface area contributed by atoms with Gasteiger partial charge in [-0.25, -0.2) is 4.79 Å². The molecule has 0 heterocycles. The van der Waals surface area contributed by atoms with Gasteiger partial charge >= 0.3 is 5.97 Å².